The molecule has 0 bridgehead atoms. The van der Waals surface area contributed by atoms with Gasteiger partial charge in [0.1, 0.15) is 0 Å². The molecular formula is C6H10BO2. The summed E-state index contributed by atoms with van der Waals surface area (Å²) in [4.78, 5) is 0. The van der Waals surface area contributed by atoms with Crippen molar-refractivity contribution in [3.05, 3.63) is 24.7 Å². The molecule has 0 fully saturated rings. The van der Waals surface area contributed by atoms with Crippen LogP contribution in [0, 0.1) is 0 Å². The van der Waals surface area contributed by atoms with E-state index in [0.29, 0.717) is 11.5 Å². The molecule has 0 aliphatic carbocycles. The summed E-state index contributed by atoms with van der Waals surface area (Å²) in [5.41, 5.74) is 0. The summed E-state index contributed by atoms with van der Waals surface area (Å²) < 4.78 is 9.50. The van der Waals surface area contributed by atoms with E-state index >= 15 is 0 Å². The predicted molar refractivity (Wildman–Crippen MR) is 37.6 cm³/mol. The Morgan fingerprint density at radius 2 is 1.44 bits per heavy atom. The second-order valence-corrected chi connectivity index (χ2v) is 1.74. The molecule has 0 spiro atoms. The Labute approximate surface area is 56.5 Å². The van der Waals surface area contributed by atoms with Crippen molar-refractivity contribution in [2.45, 2.75) is 13.8 Å². The van der Waals surface area contributed by atoms with Gasteiger partial charge in [0, 0.05) is 0 Å². The first kappa shape index (κ1) is 8.14. The maximum absolute atomic E-state index is 4.75. The molecule has 0 aromatic heterocycles. The molecular weight excluding hydrogens is 115 g/mol. The van der Waals surface area contributed by atoms with Gasteiger partial charge in [-0.05, 0) is 13.8 Å². The van der Waals surface area contributed by atoms with Crippen LogP contribution in [0.3, 0.4) is 0 Å². The van der Waals surface area contributed by atoms with Gasteiger partial charge in [0.15, 0.2) is 0 Å². The lowest BCUT2D eigenvalue weighted by Gasteiger charge is -2.02. The van der Waals surface area contributed by atoms with Gasteiger partial charge in [0.2, 0.25) is 0 Å². The van der Waals surface area contributed by atoms with Crippen molar-refractivity contribution in [1.82, 2.24) is 0 Å². The van der Waals surface area contributed by atoms with Crippen molar-refractivity contribution < 1.29 is 9.31 Å². The van der Waals surface area contributed by atoms with Gasteiger partial charge < -0.3 is 9.31 Å². The van der Waals surface area contributed by atoms with Crippen LogP contribution in [0.1, 0.15) is 13.8 Å². The van der Waals surface area contributed by atoms with Crippen LogP contribution in [-0.2, 0) is 9.31 Å². The van der Waals surface area contributed by atoms with Gasteiger partial charge in [-0.2, -0.15) is 0 Å². The first-order valence-corrected chi connectivity index (χ1v) is 2.59. The standard InChI is InChI=1S/C6H10BO2/c1-5(2)8-7-9-6(3)4/h1,3H2,2,4H3. The third-order valence-corrected chi connectivity index (χ3v) is 0.499. The number of rotatable bonds is 4. The zero-order chi connectivity index (χ0) is 7.28. The smallest absolute Gasteiger partial charge is 0.531 e. The summed E-state index contributed by atoms with van der Waals surface area (Å²) in [5, 5.41) is 0. The predicted octanol–water partition coefficient (Wildman–Crippen LogP) is 1.62. The van der Waals surface area contributed by atoms with Gasteiger partial charge in [-0.15, -0.1) is 0 Å². The van der Waals surface area contributed by atoms with E-state index in [1.807, 2.05) is 0 Å². The van der Waals surface area contributed by atoms with E-state index in [-0.39, 0.29) is 0 Å². The molecule has 0 amide bonds. The summed E-state index contributed by atoms with van der Waals surface area (Å²) in [7, 11) is 1.20. The van der Waals surface area contributed by atoms with E-state index in [1.165, 1.54) is 7.69 Å². The summed E-state index contributed by atoms with van der Waals surface area (Å²) in [6.45, 7) is 10.4. The monoisotopic (exact) mass is 125 g/mol. The van der Waals surface area contributed by atoms with Gasteiger partial charge in [0.05, 0.1) is 11.5 Å². The van der Waals surface area contributed by atoms with Crippen LogP contribution < -0.4 is 0 Å². The van der Waals surface area contributed by atoms with E-state index in [1.54, 1.807) is 13.8 Å². The minimum Gasteiger partial charge on any atom is -0.531 e. The molecule has 0 aromatic carbocycles. The van der Waals surface area contributed by atoms with Crippen LogP contribution in [0.2, 0.25) is 0 Å². The van der Waals surface area contributed by atoms with E-state index in [0.717, 1.165) is 0 Å². The highest BCUT2D eigenvalue weighted by Crippen LogP contribution is 1.92. The first-order valence-electron chi connectivity index (χ1n) is 2.59. The average Bonchev–Trinajstić information content (AvgIpc) is 1.63. The van der Waals surface area contributed by atoms with Crippen molar-refractivity contribution >= 4 is 7.69 Å². The molecule has 2 nitrogen and oxygen atoms in total. The maximum atomic E-state index is 4.75. The van der Waals surface area contributed by atoms with Crippen LogP contribution in [0.15, 0.2) is 24.7 Å². The minimum atomic E-state index is 0.594. The lowest BCUT2D eigenvalue weighted by Crippen LogP contribution is -1.99. The number of hydrogen-bond donors (Lipinski definition) is 0. The molecule has 0 atom stereocenters. The van der Waals surface area contributed by atoms with Gasteiger partial charge in [-0.25, -0.2) is 0 Å². The summed E-state index contributed by atoms with van der Waals surface area (Å²) in [5.74, 6) is 1.19. The quantitative estimate of drug-likeness (QED) is 0.419. The van der Waals surface area contributed by atoms with Gasteiger partial charge >= 0.3 is 7.69 Å². The highest BCUT2D eigenvalue weighted by molar-refractivity contribution is 6.19. The van der Waals surface area contributed by atoms with Crippen LogP contribution >= 0.6 is 0 Å². The highest BCUT2D eigenvalue weighted by Gasteiger charge is 1.94. The van der Waals surface area contributed by atoms with Crippen LogP contribution in [-0.4, -0.2) is 7.69 Å². The average molecular weight is 125 g/mol. The lowest BCUT2D eigenvalue weighted by atomic mass is 10.4. The number of allylic oxidation sites excluding steroid dienone is 2. The van der Waals surface area contributed by atoms with Crippen molar-refractivity contribution in [2.75, 3.05) is 0 Å². The fraction of sp³-hybridized carbons (Fsp3) is 0.333. The first-order chi connectivity index (χ1) is 4.13. The molecule has 9 heavy (non-hydrogen) atoms. The molecule has 3 heteroatoms. The van der Waals surface area contributed by atoms with Crippen LogP contribution in [0.4, 0.5) is 0 Å². The Morgan fingerprint density at radius 3 is 1.67 bits per heavy atom. The molecule has 0 heterocycles. The maximum Gasteiger partial charge on any atom is 0.657 e. The molecule has 0 N–H and O–H groups in total. The second kappa shape index (κ2) is 4.07. The molecule has 0 aromatic rings. The Kier molecular flexibility index (Phi) is 3.68. The van der Waals surface area contributed by atoms with E-state index in [2.05, 4.69) is 13.2 Å². The Morgan fingerprint density at radius 1 is 1.11 bits per heavy atom. The van der Waals surface area contributed by atoms with E-state index < -0.39 is 0 Å². The Bertz CT molecular complexity index is 106. The fourth-order valence-corrected chi connectivity index (χ4v) is 0.188. The van der Waals surface area contributed by atoms with Gasteiger partial charge in [0.25, 0.3) is 0 Å². The molecule has 0 unspecified atom stereocenters. The van der Waals surface area contributed by atoms with Crippen LogP contribution in [0.25, 0.3) is 0 Å². The molecule has 1 radical (unpaired) electrons. The highest BCUT2D eigenvalue weighted by atomic mass is 16.6. The van der Waals surface area contributed by atoms with Crippen molar-refractivity contribution in [3.63, 3.8) is 0 Å². The lowest BCUT2D eigenvalue weighted by molar-refractivity contribution is 0.328. The zero-order valence-corrected chi connectivity index (χ0v) is 5.81. The fourth-order valence-electron chi connectivity index (χ4n) is 0.188. The minimum absolute atomic E-state index is 0.594. The molecule has 0 saturated carbocycles. The molecule has 0 rings (SSSR count). The Hall–Kier alpha value is -0.855. The molecule has 0 saturated heterocycles. The summed E-state index contributed by atoms with van der Waals surface area (Å²) in [6, 6.07) is 0. The normalized spacial score (nSPS) is 7.78. The third kappa shape index (κ3) is 7.14. The molecule has 49 valence electrons. The van der Waals surface area contributed by atoms with Crippen molar-refractivity contribution in [2.24, 2.45) is 0 Å². The molecule has 0 aliphatic heterocycles. The third-order valence-electron chi connectivity index (χ3n) is 0.499. The van der Waals surface area contributed by atoms with E-state index in [9.17, 15) is 0 Å². The van der Waals surface area contributed by atoms with Crippen molar-refractivity contribution in [3.8, 4) is 0 Å². The van der Waals surface area contributed by atoms with E-state index in [4.69, 9.17) is 9.31 Å². The SMILES string of the molecule is C=C(C)O[B]OC(=C)C. The number of hydrogen-bond acceptors (Lipinski definition) is 2. The summed E-state index contributed by atoms with van der Waals surface area (Å²) in [6.07, 6.45) is 0. The van der Waals surface area contributed by atoms with Crippen LogP contribution in [0.5, 0.6) is 0 Å². The molecule has 0 aliphatic rings. The topological polar surface area (TPSA) is 18.5 Å². The second-order valence-electron chi connectivity index (χ2n) is 1.74. The summed E-state index contributed by atoms with van der Waals surface area (Å²) >= 11 is 0. The van der Waals surface area contributed by atoms with Crippen molar-refractivity contribution in [1.29, 1.82) is 0 Å². The zero-order valence-electron chi connectivity index (χ0n) is 5.81. The van der Waals surface area contributed by atoms with Gasteiger partial charge in [-0.3, -0.25) is 0 Å². The largest absolute Gasteiger partial charge is 0.657 e. The van der Waals surface area contributed by atoms with Gasteiger partial charge in [-0.1, -0.05) is 13.2 Å². The Balaban J connectivity index is 3.10.